The van der Waals surface area contributed by atoms with Crippen LogP contribution in [0.15, 0.2) is 53.4 Å². The Hall–Kier alpha value is -1.40. The van der Waals surface area contributed by atoms with E-state index in [1.54, 1.807) is 55.5 Å². The molecule has 2 aromatic rings. The molecule has 0 saturated carbocycles. The number of nitrogens with two attached hydrogens (primary N) is 1. The van der Waals surface area contributed by atoms with Crippen LogP contribution in [0.3, 0.4) is 0 Å². The van der Waals surface area contributed by atoms with Gasteiger partial charge in [0.05, 0.1) is 4.90 Å². The van der Waals surface area contributed by atoms with Crippen LogP contribution in [0.25, 0.3) is 0 Å². The van der Waals surface area contributed by atoms with Crippen LogP contribution in [0.1, 0.15) is 24.1 Å². The van der Waals surface area contributed by atoms with Crippen molar-refractivity contribution >= 4 is 21.6 Å². The van der Waals surface area contributed by atoms with Crippen LogP contribution in [0.5, 0.6) is 0 Å². The molecular formula is C15H17ClN2O2S. The Bertz CT molecular complexity index is 715. The smallest absolute Gasteiger partial charge is 0.241 e. The number of hydrogen-bond donors (Lipinski definition) is 2. The highest BCUT2D eigenvalue weighted by Crippen LogP contribution is 2.20. The number of rotatable bonds is 5. The topological polar surface area (TPSA) is 72.2 Å². The lowest BCUT2D eigenvalue weighted by atomic mass is 10.1. The highest BCUT2D eigenvalue weighted by Gasteiger charge is 2.20. The van der Waals surface area contributed by atoms with E-state index in [9.17, 15) is 8.42 Å². The minimum absolute atomic E-state index is 0.173. The quantitative estimate of drug-likeness (QED) is 0.888. The molecule has 112 valence electrons. The third-order valence-electron chi connectivity index (χ3n) is 3.18. The Balaban J connectivity index is 2.26. The normalized spacial score (nSPS) is 13.1. The number of hydrogen-bond acceptors (Lipinski definition) is 3. The van der Waals surface area contributed by atoms with E-state index < -0.39 is 10.0 Å². The van der Waals surface area contributed by atoms with Gasteiger partial charge in [-0.2, -0.15) is 0 Å². The van der Waals surface area contributed by atoms with Crippen molar-refractivity contribution in [3.05, 3.63) is 64.7 Å². The Morgan fingerprint density at radius 2 is 1.76 bits per heavy atom. The van der Waals surface area contributed by atoms with Crippen molar-refractivity contribution in [1.29, 1.82) is 0 Å². The van der Waals surface area contributed by atoms with E-state index in [0.29, 0.717) is 10.6 Å². The summed E-state index contributed by atoms with van der Waals surface area (Å²) in [6, 6.07) is 13.4. The highest BCUT2D eigenvalue weighted by atomic mass is 35.5. The highest BCUT2D eigenvalue weighted by molar-refractivity contribution is 7.89. The maximum absolute atomic E-state index is 12.5. The van der Waals surface area contributed by atoms with Crippen molar-refractivity contribution in [1.82, 2.24) is 4.72 Å². The molecule has 0 heterocycles. The van der Waals surface area contributed by atoms with Crippen molar-refractivity contribution in [3.8, 4) is 0 Å². The molecule has 21 heavy (non-hydrogen) atoms. The van der Waals surface area contributed by atoms with Crippen LogP contribution in [-0.4, -0.2) is 8.42 Å². The zero-order valence-corrected chi connectivity index (χ0v) is 13.2. The average molecular weight is 325 g/mol. The Morgan fingerprint density at radius 3 is 2.38 bits per heavy atom. The van der Waals surface area contributed by atoms with Crippen LogP contribution >= 0.6 is 11.6 Å². The maximum Gasteiger partial charge on any atom is 0.241 e. The number of nitrogens with one attached hydrogen (secondary N) is 1. The number of sulfonamides is 1. The fourth-order valence-corrected chi connectivity index (χ4v) is 3.66. The zero-order chi connectivity index (χ0) is 15.5. The van der Waals surface area contributed by atoms with Gasteiger partial charge in [0.25, 0.3) is 0 Å². The van der Waals surface area contributed by atoms with Crippen LogP contribution in [-0.2, 0) is 16.6 Å². The molecule has 0 amide bonds. The maximum atomic E-state index is 12.5. The summed E-state index contributed by atoms with van der Waals surface area (Å²) in [7, 11) is -3.62. The molecule has 2 aromatic carbocycles. The summed E-state index contributed by atoms with van der Waals surface area (Å²) < 4.78 is 27.6. The van der Waals surface area contributed by atoms with Gasteiger partial charge in [-0.25, -0.2) is 13.1 Å². The van der Waals surface area contributed by atoms with Crippen molar-refractivity contribution in [3.63, 3.8) is 0 Å². The predicted molar refractivity (Wildman–Crippen MR) is 84.5 cm³/mol. The third-order valence-corrected chi connectivity index (χ3v) is 5.08. The first kappa shape index (κ1) is 16.0. The monoisotopic (exact) mass is 324 g/mol. The number of benzene rings is 2. The molecule has 0 aliphatic carbocycles. The van der Waals surface area contributed by atoms with Gasteiger partial charge in [0.1, 0.15) is 0 Å². The first-order valence-electron chi connectivity index (χ1n) is 6.50. The van der Waals surface area contributed by atoms with Gasteiger partial charge >= 0.3 is 0 Å². The molecule has 0 bridgehead atoms. The van der Waals surface area contributed by atoms with E-state index in [4.69, 9.17) is 17.3 Å². The summed E-state index contributed by atoms with van der Waals surface area (Å²) >= 11 is 5.83. The molecule has 2 rings (SSSR count). The van der Waals surface area contributed by atoms with Crippen molar-refractivity contribution in [2.75, 3.05) is 0 Å². The Kier molecular flexibility index (Phi) is 5.00. The van der Waals surface area contributed by atoms with Gasteiger partial charge in [-0.1, -0.05) is 41.9 Å². The lowest BCUT2D eigenvalue weighted by Gasteiger charge is -2.16. The summed E-state index contributed by atoms with van der Waals surface area (Å²) in [4.78, 5) is 0.216. The van der Waals surface area contributed by atoms with Crippen LogP contribution in [0.2, 0.25) is 5.02 Å². The largest absolute Gasteiger partial charge is 0.326 e. The molecule has 0 fully saturated rings. The summed E-state index contributed by atoms with van der Waals surface area (Å²) in [6.45, 7) is 1.96. The minimum Gasteiger partial charge on any atom is -0.326 e. The van der Waals surface area contributed by atoms with E-state index in [1.165, 1.54) is 0 Å². The number of halogens is 1. The fraction of sp³-hybridized carbons (Fsp3) is 0.200. The molecule has 0 aliphatic heterocycles. The molecule has 1 unspecified atom stereocenters. The lowest BCUT2D eigenvalue weighted by Crippen LogP contribution is -2.28. The molecular weight excluding hydrogens is 308 g/mol. The second-order valence-corrected chi connectivity index (χ2v) is 6.83. The van der Waals surface area contributed by atoms with Gasteiger partial charge in [-0.15, -0.1) is 0 Å². The van der Waals surface area contributed by atoms with Crippen molar-refractivity contribution in [2.45, 2.75) is 24.4 Å². The van der Waals surface area contributed by atoms with Gasteiger partial charge in [0.2, 0.25) is 10.0 Å². The molecule has 0 aromatic heterocycles. The molecule has 6 heteroatoms. The van der Waals surface area contributed by atoms with Crippen molar-refractivity contribution < 1.29 is 8.42 Å². The molecule has 3 N–H and O–H groups in total. The minimum atomic E-state index is -3.62. The standard InChI is InChI=1S/C15H17ClN2O2S/c1-11(12-6-8-14(16)9-7-12)18-21(19,20)15-5-3-2-4-13(15)10-17/h2-9,11,18H,10,17H2,1H3. The van der Waals surface area contributed by atoms with Crippen LogP contribution < -0.4 is 10.5 Å². The molecule has 0 spiro atoms. The summed E-state index contributed by atoms with van der Waals surface area (Å²) in [6.07, 6.45) is 0. The second-order valence-electron chi connectivity index (χ2n) is 4.71. The Morgan fingerprint density at radius 1 is 1.14 bits per heavy atom. The first-order chi connectivity index (χ1) is 9.94. The van der Waals surface area contributed by atoms with E-state index in [1.807, 2.05) is 0 Å². The fourth-order valence-electron chi connectivity index (χ4n) is 2.05. The molecule has 1 atom stereocenters. The summed E-state index contributed by atoms with van der Waals surface area (Å²) in [5.74, 6) is 0. The Labute approximate surface area is 130 Å². The average Bonchev–Trinajstić information content (AvgIpc) is 2.47. The second kappa shape index (κ2) is 6.58. The van der Waals surface area contributed by atoms with Gasteiger partial charge in [0, 0.05) is 17.6 Å². The van der Waals surface area contributed by atoms with Crippen LogP contribution in [0, 0.1) is 0 Å². The third kappa shape index (κ3) is 3.83. The molecule has 0 radical (unpaired) electrons. The van der Waals surface area contributed by atoms with Gasteiger partial charge in [-0.05, 0) is 36.2 Å². The zero-order valence-electron chi connectivity index (χ0n) is 11.6. The van der Waals surface area contributed by atoms with Gasteiger partial charge < -0.3 is 5.73 Å². The summed E-state index contributed by atoms with van der Waals surface area (Å²) in [5.41, 5.74) is 7.03. The predicted octanol–water partition coefficient (Wildman–Crippen LogP) is 2.84. The van der Waals surface area contributed by atoms with E-state index in [0.717, 1.165) is 5.56 Å². The SMILES string of the molecule is CC(NS(=O)(=O)c1ccccc1CN)c1ccc(Cl)cc1. The van der Waals surface area contributed by atoms with E-state index in [2.05, 4.69) is 4.72 Å². The lowest BCUT2D eigenvalue weighted by molar-refractivity contribution is 0.566. The molecule has 0 aliphatic rings. The van der Waals surface area contributed by atoms with Crippen molar-refractivity contribution in [2.24, 2.45) is 5.73 Å². The molecule has 0 saturated heterocycles. The van der Waals surface area contributed by atoms with Gasteiger partial charge in [-0.3, -0.25) is 0 Å². The van der Waals surface area contributed by atoms with Gasteiger partial charge in [0.15, 0.2) is 0 Å². The molecule has 4 nitrogen and oxygen atoms in total. The van der Waals surface area contributed by atoms with E-state index >= 15 is 0 Å². The van der Waals surface area contributed by atoms with Crippen LogP contribution in [0.4, 0.5) is 0 Å². The summed E-state index contributed by atoms with van der Waals surface area (Å²) in [5, 5.41) is 0.613. The first-order valence-corrected chi connectivity index (χ1v) is 8.36. The van der Waals surface area contributed by atoms with E-state index in [-0.39, 0.29) is 17.5 Å².